The molecule has 1 saturated heterocycles. The molecule has 1 aromatic carbocycles. The maximum Gasteiger partial charge on any atom is 0.306 e. The highest BCUT2D eigenvalue weighted by Crippen LogP contribution is 2.21. The fourth-order valence-corrected chi connectivity index (χ4v) is 1.75. The van der Waals surface area contributed by atoms with Crippen LogP contribution in [0, 0.1) is 0 Å². The number of hydrazine groups is 1. The van der Waals surface area contributed by atoms with E-state index in [1.807, 2.05) is 44.2 Å². The van der Waals surface area contributed by atoms with Gasteiger partial charge in [-0.15, -0.1) is 0 Å². The predicted octanol–water partition coefficient (Wildman–Crippen LogP) is 1.05. The van der Waals surface area contributed by atoms with Crippen molar-refractivity contribution >= 4 is 11.7 Å². The summed E-state index contributed by atoms with van der Waals surface area (Å²) in [5.41, 5.74) is 3.76. The third-order valence-corrected chi connectivity index (χ3v) is 2.61. The molecule has 1 N–H and O–H groups in total. The maximum absolute atomic E-state index is 11.8. The fourth-order valence-electron chi connectivity index (χ4n) is 1.75. The van der Waals surface area contributed by atoms with Crippen LogP contribution in [0.1, 0.15) is 25.5 Å². The minimum atomic E-state index is -0.531. The predicted molar refractivity (Wildman–Crippen MR) is 59.3 cm³/mol. The number of carbonyl (C=O) groups excluding carboxylic acids is 2. The van der Waals surface area contributed by atoms with Gasteiger partial charge < -0.3 is 0 Å². The number of nitrogens with one attached hydrogen (secondary N) is 1. The average molecular weight is 218 g/mol. The van der Waals surface area contributed by atoms with Gasteiger partial charge >= 0.3 is 5.91 Å². The summed E-state index contributed by atoms with van der Waals surface area (Å²) in [6.07, 6.45) is 0. The van der Waals surface area contributed by atoms with Crippen LogP contribution in [0.15, 0.2) is 30.3 Å². The molecule has 0 saturated carbocycles. The number of rotatable bonds is 2. The molecule has 2 rings (SSSR count). The molecule has 1 fully saturated rings. The summed E-state index contributed by atoms with van der Waals surface area (Å²) < 4.78 is 0. The van der Waals surface area contributed by atoms with Crippen LogP contribution in [0.25, 0.3) is 0 Å². The summed E-state index contributed by atoms with van der Waals surface area (Å²) in [5.74, 6) is -0.844. The van der Waals surface area contributed by atoms with Crippen molar-refractivity contribution in [3.63, 3.8) is 0 Å². The van der Waals surface area contributed by atoms with E-state index in [2.05, 4.69) is 5.43 Å². The van der Waals surface area contributed by atoms with Gasteiger partial charge in [0, 0.05) is 6.04 Å². The molecule has 0 aliphatic carbocycles. The van der Waals surface area contributed by atoms with Crippen LogP contribution in [0.3, 0.4) is 0 Å². The molecule has 0 bridgehead atoms. The minimum absolute atomic E-state index is 0.0230. The van der Waals surface area contributed by atoms with Crippen LogP contribution < -0.4 is 5.43 Å². The van der Waals surface area contributed by atoms with E-state index in [1.165, 1.54) is 5.01 Å². The van der Waals surface area contributed by atoms with Gasteiger partial charge in [0.2, 0.25) is 5.78 Å². The van der Waals surface area contributed by atoms with E-state index in [0.717, 1.165) is 5.56 Å². The average Bonchev–Trinajstić information content (AvgIpc) is 2.58. The summed E-state index contributed by atoms with van der Waals surface area (Å²) in [5, 5.41) is 1.39. The van der Waals surface area contributed by atoms with E-state index in [9.17, 15) is 9.59 Å². The minimum Gasteiger partial charge on any atom is -0.286 e. The number of ketones is 1. The van der Waals surface area contributed by atoms with E-state index in [-0.39, 0.29) is 11.8 Å². The Labute approximate surface area is 94.2 Å². The van der Waals surface area contributed by atoms with Crippen LogP contribution in [0.4, 0.5) is 0 Å². The van der Waals surface area contributed by atoms with Crippen molar-refractivity contribution in [2.45, 2.75) is 25.9 Å². The third kappa shape index (κ3) is 1.72. The molecular weight excluding hydrogens is 204 g/mol. The largest absolute Gasteiger partial charge is 0.306 e. The molecule has 4 nitrogen and oxygen atoms in total. The molecule has 1 atom stereocenters. The number of nitrogens with zero attached hydrogens (tertiary/aromatic N) is 1. The van der Waals surface area contributed by atoms with Gasteiger partial charge in [-0.1, -0.05) is 30.3 Å². The highest BCUT2D eigenvalue weighted by Gasteiger charge is 2.40. The Bertz CT molecular complexity index is 414. The first kappa shape index (κ1) is 10.8. The lowest BCUT2D eigenvalue weighted by atomic mass is 10.0. The standard InChI is InChI=1S/C12H14N2O2/c1-8(2)14-12(16)11(15)10(13-14)9-6-4-3-5-7-9/h3-8,10,13H,1-2H3. The molecular formula is C12H14N2O2. The molecule has 0 aromatic heterocycles. The molecule has 1 aromatic rings. The Morgan fingerprint density at radius 2 is 1.81 bits per heavy atom. The van der Waals surface area contributed by atoms with Crippen LogP contribution in [-0.4, -0.2) is 22.7 Å². The van der Waals surface area contributed by atoms with Crippen molar-refractivity contribution in [2.75, 3.05) is 0 Å². The Hall–Kier alpha value is -1.68. The van der Waals surface area contributed by atoms with Gasteiger partial charge in [-0.3, -0.25) is 14.6 Å². The molecule has 84 valence electrons. The number of benzene rings is 1. The molecule has 1 heterocycles. The zero-order valence-corrected chi connectivity index (χ0v) is 9.31. The lowest BCUT2D eigenvalue weighted by Crippen LogP contribution is -2.40. The second-order valence-electron chi connectivity index (χ2n) is 4.11. The number of Topliss-reactive ketones (excluding diaryl/α,β-unsaturated/α-hetero) is 1. The molecule has 1 aliphatic rings. The van der Waals surface area contributed by atoms with Gasteiger partial charge in [0.25, 0.3) is 0 Å². The second kappa shape index (κ2) is 4.06. The number of carbonyl (C=O) groups is 2. The van der Waals surface area contributed by atoms with E-state index in [1.54, 1.807) is 0 Å². The van der Waals surface area contributed by atoms with Gasteiger partial charge in [0.15, 0.2) is 0 Å². The van der Waals surface area contributed by atoms with Gasteiger partial charge in [0.05, 0.1) is 0 Å². The molecule has 0 radical (unpaired) electrons. The van der Waals surface area contributed by atoms with Crippen LogP contribution >= 0.6 is 0 Å². The fraction of sp³-hybridized carbons (Fsp3) is 0.333. The van der Waals surface area contributed by atoms with Crippen molar-refractivity contribution in [3.8, 4) is 0 Å². The molecule has 4 heteroatoms. The molecule has 0 spiro atoms. The molecule has 1 unspecified atom stereocenters. The van der Waals surface area contributed by atoms with Crippen LogP contribution in [0.5, 0.6) is 0 Å². The van der Waals surface area contributed by atoms with Crippen molar-refractivity contribution in [3.05, 3.63) is 35.9 Å². The molecule has 1 amide bonds. The van der Waals surface area contributed by atoms with Gasteiger partial charge in [-0.25, -0.2) is 5.43 Å². The highest BCUT2D eigenvalue weighted by molar-refractivity contribution is 6.39. The van der Waals surface area contributed by atoms with E-state index >= 15 is 0 Å². The summed E-state index contributed by atoms with van der Waals surface area (Å²) >= 11 is 0. The lowest BCUT2D eigenvalue weighted by Gasteiger charge is -2.20. The zero-order chi connectivity index (χ0) is 11.7. The van der Waals surface area contributed by atoms with E-state index in [4.69, 9.17) is 0 Å². The van der Waals surface area contributed by atoms with Gasteiger partial charge in [-0.2, -0.15) is 0 Å². The first-order chi connectivity index (χ1) is 7.61. The normalized spacial score (nSPS) is 20.9. The van der Waals surface area contributed by atoms with Crippen LogP contribution in [0.2, 0.25) is 0 Å². The van der Waals surface area contributed by atoms with E-state index in [0.29, 0.717) is 0 Å². The zero-order valence-electron chi connectivity index (χ0n) is 9.31. The number of hydrogen-bond donors (Lipinski definition) is 1. The lowest BCUT2D eigenvalue weighted by molar-refractivity contribution is -0.141. The van der Waals surface area contributed by atoms with Crippen molar-refractivity contribution in [1.82, 2.24) is 10.4 Å². The number of amides is 1. The van der Waals surface area contributed by atoms with Gasteiger partial charge in [-0.05, 0) is 19.4 Å². The Morgan fingerprint density at radius 1 is 1.19 bits per heavy atom. The van der Waals surface area contributed by atoms with Crippen molar-refractivity contribution in [1.29, 1.82) is 0 Å². The Morgan fingerprint density at radius 3 is 2.31 bits per heavy atom. The second-order valence-corrected chi connectivity index (χ2v) is 4.11. The van der Waals surface area contributed by atoms with Crippen LogP contribution in [-0.2, 0) is 9.59 Å². The third-order valence-electron chi connectivity index (χ3n) is 2.61. The molecule has 16 heavy (non-hydrogen) atoms. The maximum atomic E-state index is 11.8. The summed E-state index contributed by atoms with van der Waals surface area (Å²) in [6, 6.07) is 8.71. The summed E-state index contributed by atoms with van der Waals surface area (Å²) in [6.45, 7) is 3.73. The Kier molecular flexibility index (Phi) is 2.75. The number of hydrogen-bond acceptors (Lipinski definition) is 3. The summed E-state index contributed by atoms with van der Waals surface area (Å²) in [4.78, 5) is 23.4. The van der Waals surface area contributed by atoms with Crippen molar-refractivity contribution < 1.29 is 9.59 Å². The van der Waals surface area contributed by atoms with Crippen molar-refractivity contribution in [2.24, 2.45) is 0 Å². The first-order valence-corrected chi connectivity index (χ1v) is 5.30. The quantitative estimate of drug-likeness (QED) is 0.755. The summed E-state index contributed by atoms with van der Waals surface area (Å²) in [7, 11) is 0. The smallest absolute Gasteiger partial charge is 0.286 e. The van der Waals surface area contributed by atoms with E-state index < -0.39 is 11.9 Å². The monoisotopic (exact) mass is 218 g/mol. The highest BCUT2D eigenvalue weighted by atomic mass is 16.2. The Balaban J connectivity index is 2.27. The first-order valence-electron chi connectivity index (χ1n) is 5.30. The van der Waals surface area contributed by atoms with Gasteiger partial charge in [0.1, 0.15) is 6.04 Å². The SMILES string of the molecule is CC(C)N1NC(c2ccccc2)C(=O)C1=O. The molecule has 1 aliphatic heterocycles. The topological polar surface area (TPSA) is 49.4 Å².